The van der Waals surface area contributed by atoms with Crippen molar-refractivity contribution in [3.05, 3.63) is 36.4 Å². The third kappa shape index (κ3) is 3.40. The van der Waals surface area contributed by atoms with Crippen LogP contribution in [0.5, 0.6) is 5.75 Å². The Morgan fingerprint density at radius 3 is 2.86 bits per heavy atom. The lowest BCUT2D eigenvalue weighted by Gasteiger charge is -2.10. The van der Waals surface area contributed by atoms with Crippen LogP contribution < -0.4 is 10.1 Å². The van der Waals surface area contributed by atoms with Gasteiger partial charge in [-0.25, -0.2) is 4.68 Å². The first-order valence-electron chi connectivity index (χ1n) is 8.76. The number of methoxy groups -OCH3 is 1. The van der Waals surface area contributed by atoms with Crippen molar-refractivity contribution in [2.75, 3.05) is 18.2 Å². The van der Waals surface area contributed by atoms with Crippen molar-refractivity contribution >= 4 is 45.3 Å². The number of nitrogens with one attached hydrogen (secondary N) is 1. The standard InChI is InChI=1S/C19H19N5O3S/c1-11(2)24-19(21-22-23-24)28-10-18(25)20-14-9-16-13(8-17(14)26-3)12-6-4-5-7-15(12)27-16/h4-9,11H,10H2,1-3H3,(H,20,25). The van der Waals surface area contributed by atoms with Crippen LogP contribution in [-0.4, -0.2) is 39.0 Å². The highest BCUT2D eigenvalue weighted by molar-refractivity contribution is 7.99. The van der Waals surface area contributed by atoms with E-state index < -0.39 is 0 Å². The third-order valence-corrected chi connectivity index (χ3v) is 5.19. The van der Waals surface area contributed by atoms with Crippen LogP contribution in [0.2, 0.25) is 0 Å². The predicted octanol–water partition coefficient (Wildman–Crippen LogP) is 3.89. The number of fused-ring (bicyclic) bond motifs is 3. The van der Waals surface area contributed by atoms with Crippen LogP contribution in [0.15, 0.2) is 46.0 Å². The minimum atomic E-state index is -0.183. The highest BCUT2D eigenvalue weighted by atomic mass is 32.2. The second kappa shape index (κ2) is 7.51. The van der Waals surface area contributed by atoms with Crippen molar-refractivity contribution in [3.63, 3.8) is 0 Å². The molecular weight excluding hydrogens is 378 g/mol. The summed E-state index contributed by atoms with van der Waals surface area (Å²) in [5, 5.41) is 17.0. The third-order valence-electron chi connectivity index (χ3n) is 4.26. The fraction of sp³-hybridized carbons (Fsp3) is 0.263. The normalized spacial score (nSPS) is 11.4. The molecule has 2 aromatic heterocycles. The second-order valence-electron chi connectivity index (χ2n) is 6.48. The van der Waals surface area contributed by atoms with Crippen LogP contribution in [0.3, 0.4) is 0 Å². The Bertz CT molecular complexity index is 1150. The minimum Gasteiger partial charge on any atom is -0.495 e. The van der Waals surface area contributed by atoms with Gasteiger partial charge in [0.2, 0.25) is 11.1 Å². The fourth-order valence-corrected chi connectivity index (χ4v) is 3.75. The van der Waals surface area contributed by atoms with Gasteiger partial charge >= 0.3 is 0 Å². The molecule has 9 heteroatoms. The monoisotopic (exact) mass is 397 g/mol. The molecule has 0 unspecified atom stereocenters. The van der Waals surface area contributed by atoms with Crippen LogP contribution in [0, 0.1) is 0 Å². The van der Waals surface area contributed by atoms with E-state index in [9.17, 15) is 4.79 Å². The van der Waals surface area contributed by atoms with Crippen molar-refractivity contribution in [1.82, 2.24) is 20.2 Å². The Labute approximate surface area is 165 Å². The molecule has 144 valence electrons. The summed E-state index contributed by atoms with van der Waals surface area (Å²) >= 11 is 1.28. The molecule has 2 aromatic carbocycles. The molecule has 0 saturated heterocycles. The van der Waals surface area contributed by atoms with Crippen LogP contribution in [0.25, 0.3) is 21.9 Å². The average Bonchev–Trinajstić information content (AvgIpc) is 3.29. The maximum Gasteiger partial charge on any atom is 0.234 e. The first kappa shape index (κ1) is 18.3. The van der Waals surface area contributed by atoms with E-state index in [0.29, 0.717) is 22.2 Å². The number of ether oxygens (including phenoxy) is 1. The Balaban J connectivity index is 1.55. The molecule has 1 N–H and O–H groups in total. The number of anilines is 1. The Hall–Kier alpha value is -3.07. The number of para-hydroxylation sites is 1. The van der Waals surface area contributed by atoms with Gasteiger partial charge < -0.3 is 14.5 Å². The summed E-state index contributed by atoms with van der Waals surface area (Å²) in [5.74, 6) is 0.565. The number of benzene rings is 2. The van der Waals surface area contributed by atoms with Gasteiger partial charge in [-0.2, -0.15) is 0 Å². The number of hydrogen-bond donors (Lipinski definition) is 1. The number of carbonyl (C=O) groups excluding carboxylic acids is 1. The van der Waals surface area contributed by atoms with Gasteiger partial charge in [0.1, 0.15) is 16.9 Å². The summed E-state index contributed by atoms with van der Waals surface area (Å²) in [5.41, 5.74) is 2.04. The molecule has 8 nitrogen and oxygen atoms in total. The first-order valence-corrected chi connectivity index (χ1v) is 9.75. The van der Waals surface area contributed by atoms with Crippen molar-refractivity contribution in [3.8, 4) is 5.75 Å². The lowest BCUT2D eigenvalue weighted by Crippen LogP contribution is -2.15. The number of carbonyl (C=O) groups is 1. The minimum absolute atomic E-state index is 0.121. The molecule has 1 amide bonds. The molecule has 0 radical (unpaired) electrons. The van der Waals surface area contributed by atoms with Crippen LogP contribution in [0.4, 0.5) is 5.69 Å². The molecule has 0 bridgehead atoms. The van der Waals surface area contributed by atoms with E-state index in [1.807, 2.05) is 44.2 Å². The number of thioether (sulfide) groups is 1. The highest BCUT2D eigenvalue weighted by Gasteiger charge is 2.16. The van der Waals surface area contributed by atoms with Gasteiger partial charge in [0, 0.05) is 16.8 Å². The van der Waals surface area contributed by atoms with Gasteiger partial charge in [-0.05, 0) is 36.4 Å². The second-order valence-corrected chi connectivity index (χ2v) is 7.43. The molecule has 2 heterocycles. The van der Waals surface area contributed by atoms with E-state index in [1.165, 1.54) is 11.8 Å². The average molecular weight is 397 g/mol. The summed E-state index contributed by atoms with van der Waals surface area (Å²) in [6.45, 7) is 3.96. The van der Waals surface area contributed by atoms with Crippen molar-refractivity contribution in [2.24, 2.45) is 0 Å². The van der Waals surface area contributed by atoms with Gasteiger partial charge in [0.05, 0.1) is 24.6 Å². The predicted molar refractivity (Wildman–Crippen MR) is 108 cm³/mol. The molecule has 0 aliphatic rings. The number of tetrazole rings is 1. The largest absolute Gasteiger partial charge is 0.495 e. The molecular formula is C19H19N5O3S. The quantitative estimate of drug-likeness (QED) is 0.493. The maximum atomic E-state index is 12.5. The molecule has 0 fully saturated rings. The Kier molecular flexibility index (Phi) is 4.91. The highest BCUT2D eigenvalue weighted by Crippen LogP contribution is 2.36. The van der Waals surface area contributed by atoms with E-state index in [0.717, 1.165) is 16.4 Å². The molecule has 0 aliphatic carbocycles. The zero-order chi connectivity index (χ0) is 19.7. The fourth-order valence-electron chi connectivity index (χ4n) is 2.94. The van der Waals surface area contributed by atoms with Crippen molar-refractivity contribution in [2.45, 2.75) is 25.0 Å². The van der Waals surface area contributed by atoms with Gasteiger partial charge in [0.25, 0.3) is 0 Å². The molecule has 0 atom stereocenters. The Morgan fingerprint density at radius 1 is 1.25 bits per heavy atom. The number of amides is 1. The molecule has 0 aliphatic heterocycles. The first-order chi connectivity index (χ1) is 13.6. The van der Waals surface area contributed by atoms with Crippen molar-refractivity contribution in [1.29, 1.82) is 0 Å². The zero-order valence-corrected chi connectivity index (χ0v) is 16.5. The molecule has 4 rings (SSSR count). The van der Waals surface area contributed by atoms with E-state index >= 15 is 0 Å². The number of rotatable bonds is 6. The van der Waals surface area contributed by atoms with Gasteiger partial charge in [-0.1, -0.05) is 30.0 Å². The number of furan rings is 1. The summed E-state index contributed by atoms with van der Waals surface area (Å²) < 4.78 is 13.0. The molecule has 0 saturated carbocycles. The summed E-state index contributed by atoms with van der Waals surface area (Å²) in [7, 11) is 1.57. The van der Waals surface area contributed by atoms with Gasteiger partial charge in [0.15, 0.2) is 0 Å². The van der Waals surface area contributed by atoms with Crippen LogP contribution in [-0.2, 0) is 4.79 Å². The summed E-state index contributed by atoms with van der Waals surface area (Å²) in [6.07, 6.45) is 0. The topological polar surface area (TPSA) is 95.1 Å². The van der Waals surface area contributed by atoms with Crippen LogP contribution >= 0.6 is 11.8 Å². The molecule has 28 heavy (non-hydrogen) atoms. The van der Waals surface area contributed by atoms with Gasteiger partial charge in [-0.15, -0.1) is 5.10 Å². The molecule has 0 spiro atoms. The molecule has 4 aromatic rings. The summed E-state index contributed by atoms with van der Waals surface area (Å²) in [4.78, 5) is 12.5. The van der Waals surface area contributed by atoms with Crippen molar-refractivity contribution < 1.29 is 13.9 Å². The summed E-state index contributed by atoms with van der Waals surface area (Å²) in [6, 6.07) is 11.6. The lowest BCUT2D eigenvalue weighted by molar-refractivity contribution is -0.113. The van der Waals surface area contributed by atoms with Gasteiger partial charge in [-0.3, -0.25) is 4.79 Å². The lowest BCUT2D eigenvalue weighted by atomic mass is 10.1. The van der Waals surface area contributed by atoms with E-state index in [2.05, 4.69) is 20.8 Å². The number of hydrogen-bond acceptors (Lipinski definition) is 7. The SMILES string of the molecule is COc1cc2c(cc1NC(=O)CSc1nnnn1C(C)C)oc1ccccc12. The number of aromatic nitrogens is 4. The maximum absolute atomic E-state index is 12.5. The van der Waals surface area contributed by atoms with E-state index in [4.69, 9.17) is 9.15 Å². The van der Waals surface area contributed by atoms with E-state index in [1.54, 1.807) is 17.9 Å². The van der Waals surface area contributed by atoms with E-state index in [-0.39, 0.29) is 17.7 Å². The number of nitrogens with zero attached hydrogens (tertiary/aromatic N) is 4. The zero-order valence-electron chi connectivity index (χ0n) is 15.7. The Morgan fingerprint density at radius 2 is 2.07 bits per heavy atom. The van der Waals surface area contributed by atoms with Crippen LogP contribution in [0.1, 0.15) is 19.9 Å². The smallest absolute Gasteiger partial charge is 0.234 e.